The van der Waals surface area contributed by atoms with E-state index in [9.17, 15) is 28.7 Å². The SMILES string of the molecule is O=P([O-])([O-])OP(=O)([O-])[O-].[Ba+2].[Mg+2]. The van der Waals surface area contributed by atoms with Gasteiger partial charge in [-0.2, -0.15) is 0 Å². The Kier molecular flexibility index (Phi) is 12.2. The fourth-order valence-corrected chi connectivity index (χ4v) is 1.10. The Hall–Kier alpha value is 2.60. The van der Waals surface area contributed by atoms with Gasteiger partial charge in [0.05, 0.1) is 15.6 Å². The summed E-state index contributed by atoms with van der Waals surface area (Å²) in [7, 11) is -11.4. The molecule has 0 unspecified atom stereocenters. The van der Waals surface area contributed by atoms with Gasteiger partial charge >= 0.3 is 71.9 Å². The average molecular weight is 336 g/mol. The van der Waals surface area contributed by atoms with Crippen LogP contribution in [0.1, 0.15) is 0 Å². The fourth-order valence-electron chi connectivity index (χ4n) is 0.122. The van der Waals surface area contributed by atoms with Crippen molar-refractivity contribution < 1.29 is 33.0 Å². The first-order chi connectivity index (χ1) is 3.71. The van der Waals surface area contributed by atoms with Crippen molar-refractivity contribution in [2.24, 2.45) is 0 Å². The summed E-state index contributed by atoms with van der Waals surface area (Å²) in [5.41, 5.74) is 0. The molecule has 0 N–H and O–H groups in total. The van der Waals surface area contributed by atoms with Crippen LogP contribution in [0.2, 0.25) is 0 Å². The second-order valence-electron chi connectivity index (χ2n) is 0.976. The Morgan fingerprint density at radius 2 is 1.09 bits per heavy atom. The monoisotopic (exact) mass is 336 g/mol. The summed E-state index contributed by atoms with van der Waals surface area (Å²) in [6.45, 7) is 0. The third-order valence-electron chi connectivity index (χ3n) is 0.200. The first-order valence-electron chi connectivity index (χ1n) is 1.46. The molecule has 0 rings (SSSR count). The van der Waals surface area contributed by atoms with E-state index in [4.69, 9.17) is 0 Å². The van der Waals surface area contributed by atoms with Gasteiger partial charge in [-0.25, -0.2) is 0 Å². The first kappa shape index (κ1) is 19.2. The summed E-state index contributed by atoms with van der Waals surface area (Å²) in [6, 6.07) is 0. The normalized spacial score (nSPS) is 11.3. The molecule has 56 valence electrons. The molecule has 7 nitrogen and oxygen atoms in total. The molecule has 11 heavy (non-hydrogen) atoms. The molecule has 0 aromatic heterocycles. The summed E-state index contributed by atoms with van der Waals surface area (Å²) in [6.07, 6.45) is 0. The van der Waals surface area contributed by atoms with Crippen molar-refractivity contribution in [1.29, 1.82) is 0 Å². The van der Waals surface area contributed by atoms with Crippen molar-refractivity contribution in [2.45, 2.75) is 0 Å². The van der Waals surface area contributed by atoms with Crippen LogP contribution in [0.5, 0.6) is 0 Å². The molecule has 0 aliphatic heterocycles. The second-order valence-corrected chi connectivity index (χ2v) is 3.42. The van der Waals surface area contributed by atoms with Gasteiger partial charge in [-0.1, -0.05) is 0 Å². The molecular formula is BaMgO7P2. The molecule has 0 aromatic carbocycles. The zero-order chi connectivity index (χ0) is 7.71. The zero-order valence-corrected chi connectivity index (χ0v) is 12.8. The summed E-state index contributed by atoms with van der Waals surface area (Å²) in [4.78, 5) is 37.3. The largest absolute Gasteiger partial charge is 2.00 e. The summed E-state index contributed by atoms with van der Waals surface area (Å²) in [5, 5.41) is 0. The maximum absolute atomic E-state index is 9.32. The van der Waals surface area contributed by atoms with Gasteiger partial charge in [0.25, 0.3) is 0 Å². The summed E-state index contributed by atoms with van der Waals surface area (Å²) in [5.74, 6) is 0. The van der Waals surface area contributed by atoms with Crippen molar-refractivity contribution >= 4 is 87.6 Å². The van der Waals surface area contributed by atoms with Crippen molar-refractivity contribution in [2.75, 3.05) is 0 Å². The maximum Gasteiger partial charge on any atom is 2.00 e. The van der Waals surface area contributed by atoms with Gasteiger partial charge in [0.15, 0.2) is 0 Å². The minimum atomic E-state index is -5.68. The van der Waals surface area contributed by atoms with E-state index in [1.807, 2.05) is 0 Å². The van der Waals surface area contributed by atoms with E-state index < -0.39 is 15.6 Å². The van der Waals surface area contributed by atoms with E-state index >= 15 is 0 Å². The van der Waals surface area contributed by atoms with E-state index in [0.717, 1.165) is 0 Å². The Labute approximate surface area is 119 Å². The van der Waals surface area contributed by atoms with Crippen molar-refractivity contribution in [1.82, 2.24) is 0 Å². The summed E-state index contributed by atoms with van der Waals surface area (Å²) >= 11 is 0. The molecule has 0 heterocycles. The molecule has 0 aromatic rings. The molecule has 11 heteroatoms. The number of hydrogen-bond acceptors (Lipinski definition) is 7. The van der Waals surface area contributed by atoms with Crippen LogP contribution in [-0.2, 0) is 13.4 Å². The molecular weight excluding hydrogens is 336 g/mol. The molecule has 0 bridgehead atoms. The number of hydrogen-bond donors (Lipinski definition) is 0. The van der Waals surface area contributed by atoms with Gasteiger partial charge in [0.2, 0.25) is 0 Å². The third kappa shape index (κ3) is 19.1. The molecule has 0 fully saturated rings. The first-order valence-corrected chi connectivity index (χ1v) is 4.38. The standard InChI is InChI=1S/Ba.Mg.H4O7P2/c;;1-8(2,3)7-9(4,5)6/h;;(H2,1,2,3)(H2,4,5,6)/q2*+2;/p-4. The van der Waals surface area contributed by atoms with Gasteiger partial charge in [0.1, 0.15) is 0 Å². The Morgan fingerprint density at radius 3 is 1.09 bits per heavy atom. The molecule has 0 spiro atoms. The van der Waals surface area contributed by atoms with Gasteiger partial charge in [-0.15, -0.1) is 0 Å². The Balaban J connectivity index is -0.000000320. The smallest absolute Gasteiger partial charge is 0.790 e. The van der Waals surface area contributed by atoms with E-state index in [2.05, 4.69) is 4.31 Å². The second kappa shape index (κ2) is 6.96. The van der Waals surface area contributed by atoms with Crippen LogP contribution in [0, 0.1) is 0 Å². The van der Waals surface area contributed by atoms with Crippen LogP contribution >= 0.6 is 15.6 Å². The quantitative estimate of drug-likeness (QED) is 0.369. The van der Waals surface area contributed by atoms with Gasteiger partial charge in [0, 0.05) is 0 Å². The van der Waals surface area contributed by atoms with E-state index in [0.29, 0.717) is 0 Å². The molecule has 0 saturated heterocycles. The van der Waals surface area contributed by atoms with Crippen molar-refractivity contribution in [3.63, 3.8) is 0 Å². The van der Waals surface area contributed by atoms with E-state index in [1.54, 1.807) is 0 Å². The van der Waals surface area contributed by atoms with E-state index in [1.165, 1.54) is 0 Å². The minimum Gasteiger partial charge on any atom is -0.790 e. The molecule has 0 radical (unpaired) electrons. The van der Waals surface area contributed by atoms with Gasteiger partial charge in [-0.05, 0) is 0 Å². The number of phosphoric acid groups is 2. The van der Waals surface area contributed by atoms with Crippen LogP contribution in [0.4, 0.5) is 0 Å². The van der Waals surface area contributed by atoms with Crippen LogP contribution in [0.25, 0.3) is 0 Å². The Bertz CT molecular complexity index is 157. The predicted octanol–water partition coefficient (Wildman–Crippen LogP) is -4.10. The van der Waals surface area contributed by atoms with Gasteiger partial charge < -0.3 is 33.0 Å². The molecule has 0 amide bonds. The fraction of sp³-hybridized carbons (Fsp3) is 0. The van der Waals surface area contributed by atoms with E-state index in [-0.39, 0.29) is 71.9 Å². The minimum absolute atomic E-state index is 0. The Morgan fingerprint density at radius 1 is 0.909 bits per heavy atom. The molecule has 0 aliphatic carbocycles. The molecule has 0 atom stereocenters. The van der Waals surface area contributed by atoms with Crippen molar-refractivity contribution in [3.05, 3.63) is 0 Å². The average Bonchev–Trinajstić information content (AvgIpc) is 1.14. The zero-order valence-electron chi connectivity index (χ0n) is 5.17. The topological polar surface area (TPSA) is 136 Å². The predicted molar refractivity (Wildman–Crippen MR) is 27.8 cm³/mol. The van der Waals surface area contributed by atoms with Crippen LogP contribution in [0.3, 0.4) is 0 Å². The molecule has 0 aliphatic rings. The van der Waals surface area contributed by atoms with Gasteiger partial charge in [-0.3, -0.25) is 0 Å². The van der Waals surface area contributed by atoms with Crippen LogP contribution < -0.4 is 19.6 Å². The summed E-state index contributed by atoms with van der Waals surface area (Å²) < 4.78 is 21.2. The number of rotatable bonds is 2. The van der Waals surface area contributed by atoms with Crippen LogP contribution in [-0.4, -0.2) is 71.9 Å². The maximum atomic E-state index is 9.32. The van der Waals surface area contributed by atoms with Crippen LogP contribution in [0.15, 0.2) is 0 Å². The molecule has 0 saturated carbocycles. The van der Waals surface area contributed by atoms with Crippen molar-refractivity contribution in [3.8, 4) is 0 Å². The third-order valence-corrected chi connectivity index (χ3v) is 1.80.